The third-order valence-corrected chi connectivity index (χ3v) is 8.03. The quantitative estimate of drug-likeness (QED) is 0.269. The molecule has 0 aromatic heterocycles. The van der Waals surface area contributed by atoms with E-state index < -0.39 is 0 Å². The van der Waals surface area contributed by atoms with Crippen molar-refractivity contribution in [3.05, 3.63) is 98.5 Å². The predicted molar refractivity (Wildman–Crippen MR) is 158 cm³/mol. The summed E-state index contributed by atoms with van der Waals surface area (Å²) in [7, 11) is 0. The van der Waals surface area contributed by atoms with Crippen molar-refractivity contribution in [2.75, 3.05) is 26.3 Å². The Kier molecular flexibility index (Phi) is 8.81. The van der Waals surface area contributed by atoms with Gasteiger partial charge in [-0.15, -0.1) is 0 Å². The van der Waals surface area contributed by atoms with Gasteiger partial charge in [-0.05, 0) is 91.7 Å². The lowest BCUT2D eigenvalue weighted by Gasteiger charge is -2.29. The van der Waals surface area contributed by atoms with Crippen LogP contribution in [0, 0.1) is 13.8 Å². The molecule has 1 fully saturated rings. The molecule has 0 radical (unpaired) electrons. The molecular formula is C32H34Cl2N2O3. The maximum absolute atomic E-state index is 13.9. The molecule has 0 atom stereocenters. The number of amides is 1. The molecule has 7 heteroatoms. The number of hydrogen-bond donors (Lipinski definition) is 1. The highest BCUT2D eigenvalue weighted by Gasteiger charge is 2.35. The fourth-order valence-corrected chi connectivity index (χ4v) is 5.29. The molecule has 1 saturated carbocycles. The summed E-state index contributed by atoms with van der Waals surface area (Å²) in [5, 5.41) is 4.50. The van der Waals surface area contributed by atoms with Gasteiger partial charge in [0.1, 0.15) is 24.7 Å². The molecule has 5 nitrogen and oxygen atoms in total. The van der Waals surface area contributed by atoms with Gasteiger partial charge in [0.2, 0.25) is 0 Å². The van der Waals surface area contributed by atoms with Gasteiger partial charge in [0.05, 0.1) is 5.02 Å². The monoisotopic (exact) mass is 564 g/mol. The fraction of sp³-hybridized carbons (Fsp3) is 0.344. The standard InChI is InChI=1S/C32H34Cl2N2O3/c1-21-4-3-5-24(22(21)2)20-36(26-9-10-26)32(37)29-19-35-15-14-28(29)23-6-11-27(12-7-23)38-16-17-39-31-18-25(33)8-13-30(31)34/h3-8,11-13,18,26,35H,9-10,14-17,19-20H2,1-2H3. The molecule has 2 aliphatic rings. The summed E-state index contributed by atoms with van der Waals surface area (Å²) in [6.07, 6.45) is 2.97. The highest BCUT2D eigenvalue weighted by molar-refractivity contribution is 6.34. The van der Waals surface area contributed by atoms with E-state index >= 15 is 0 Å². The molecule has 1 N–H and O–H groups in total. The number of aryl methyl sites for hydroxylation is 1. The fourth-order valence-electron chi connectivity index (χ4n) is 4.95. The molecule has 0 unspecified atom stereocenters. The van der Waals surface area contributed by atoms with Crippen LogP contribution in [0.4, 0.5) is 0 Å². The summed E-state index contributed by atoms with van der Waals surface area (Å²) in [5.74, 6) is 1.44. The molecule has 3 aromatic rings. The Morgan fingerprint density at radius 2 is 1.77 bits per heavy atom. The zero-order valence-electron chi connectivity index (χ0n) is 22.4. The van der Waals surface area contributed by atoms with E-state index in [0.717, 1.165) is 48.3 Å². The van der Waals surface area contributed by atoms with E-state index in [-0.39, 0.29) is 5.91 Å². The van der Waals surface area contributed by atoms with E-state index in [1.165, 1.54) is 16.7 Å². The van der Waals surface area contributed by atoms with Crippen molar-refractivity contribution < 1.29 is 14.3 Å². The Morgan fingerprint density at radius 3 is 2.54 bits per heavy atom. The number of nitrogens with zero attached hydrogens (tertiary/aromatic N) is 1. The summed E-state index contributed by atoms with van der Waals surface area (Å²) >= 11 is 12.2. The van der Waals surface area contributed by atoms with Gasteiger partial charge < -0.3 is 19.7 Å². The van der Waals surface area contributed by atoms with Crippen molar-refractivity contribution in [1.29, 1.82) is 0 Å². The molecule has 0 spiro atoms. The van der Waals surface area contributed by atoms with Gasteiger partial charge in [0.15, 0.2) is 0 Å². The Balaban J connectivity index is 1.26. The van der Waals surface area contributed by atoms with E-state index in [9.17, 15) is 4.79 Å². The van der Waals surface area contributed by atoms with E-state index in [1.54, 1.807) is 18.2 Å². The van der Waals surface area contributed by atoms with Crippen LogP contribution in [-0.2, 0) is 11.3 Å². The molecule has 1 aliphatic carbocycles. The molecule has 204 valence electrons. The first kappa shape index (κ1) is 27.6. The summed E-state index contributed by atoms with van der Waals surface area (Å²) < 4.78 is 11.6. The van der Waals surface area contributed by atoms with E-state index in [1.807, 2.05) is 24.3 Å². The van der Waals surface area contributed by atoms with E-state index in [4.69, 9.17) is 32.7 Å². The van der Waals surface area contributed by atoms with Gasteiger partial charge in [0, 0.05) is 35.8 Å². The van der Waals surface area contributed by atoms with Crippen LogP contribution < -0.4 is 14.8 Å². The third-order valence-electron chi connectivity index (χ3n) is 7.49. The zero-order chi connectivity index (χ0) is 27.4. The van der Waals surface area contributed by atoms with Crippen LogP contribution in [0.2, 0.25) is 10.0 Å². The molecule has 3 aromatic carbocycles. The highest BCUT2D eigenvalue weighted by Crippen LogP contribution is 2.34. The number of ether oxygens (including phenoxy) is 2. The minimum absolute atomic E-state index is 0.151. The average Bonchev–Trinajstić information content (AvgIpc) is 3.79. The first-order chi connectivity index (χ1) is 18.9. The van der Waals surface area contributed by atoms with Crippen LogP contribution >= 0.6 is 23.2 Å². The van der Waals surface area contributed by atoms with Gasteiger partial charge in [-0.2, -0.15) is 0 Å². The maximum Gasteiger partial charge on any atom is 0.251 e. The van der Waals surface area contributed by atoms with Gasteiger partial charge in [-0.3, -0.25) is 4.79 Å². The van der Waals surface area contributed by atoms with Crippen LogP contribution in [0.1, 0.15) is 41.5 Å². The lowest BCUT2D eigenvalue weighted by atomic mass is 9.93. The Morgan fingerprint density at radius 1 is 1.00 bits per heavy atom. The number of nitrogens with one attached hydrogen (secondary N) is 1. The predicted octanol–water partition coefficient (Wildman–Crippen LogP) is 7.01. The second-order valence-electron chi connectivity index (χ2n) is 10.2. The number of rotatable bonds is 10. The molecule has 1 amide bonds. The van der Waals surface area contributed by atoms with Crippen molar-refractivity contribution in [2.45, 2.75) is 45.7 Å². The Hall–Kier alpha value is -2.99. The van der Waals surface area contributed by atoms with E-state index in [2.05, 4.69) is 42.3 Å². The molecule has 1 aliphatic heterocycles. The van der Waals surface area contributed by atoms with Crippen molar-refractivity contribution in [2.24, 2.45) is 0 Å². The van der Waals surface area contributed by atoms with E-state index in [0.29, 0.717) is 48.1 Å². The van der Waals surface area contributed by atoms with Crippen LogP contribution in [0.15, 0.2) is 66.2 Å². The van der Waals surface area contributed by atoms with Crippen molar-refractivity contribution in [3.63, 3.8) is 0 Å². The number of carbonyl (C=O) groups excluding carboxylic acids is 1. The Bertz CT molecular complexity index is 1370. The van der Waals surface area contributed by atoms with Crippen LogP contribution in [0.3, 0.4) is 0 Å². The van der Waals surface area contributed by atoms with Gasteiger partial charge in [-0.1, -0.05) is 53.5 Å². The summed E-state index contributed by atoms with van der Waals surface area (Å²) in [6.45, 7) is 7.09. The minimum atomic E-state index is 0.151. The number of hydrogen-bond acceptors (Lipinski definition) is 4. The minimum Gasteiger partial charge on any atom is -0.490 e. The third kappa shape index (κ3) is 6.78. The Labute approximate surface area is 240 Å². The molecule has 39 heavy (non-hydrogen) atoms. The SMILES string of the molecule is Cc1cccc(CN(C(=O)C2=C(c3ccc(OCCOc4cc(Cl)ccc4Cl)cc3)CCNC2)C2CC2)c1C. The number of halogens is 2. The van der Waals surface area contributed by atoms with Gasteiger partial charge in [0.25, 0.3) is 5.91 Å². The summed E-state index contributed by atoms with van der Waals surface area (Å²) in [5.41, 5.74) is 6.82. The largest absolute Gasteiger partial charge is 0.490 e. The highest BCUT2D eigenvalue weighted by atomic mass is 35.5. The number of carbonyl (C=O) groups is 1. The van der Waals surface area contributed by atoms with Crippen LogP contribution in [0.25, 0.3) is 5.57 Å². The normalized spacial score (nSPS) is 15.3. The lowest BCUT2D eigenvalue weighted by Crippen LogP contribution is -2.39. The van der Waals surface area contributed by atoms with Crippen molar-refractivity contribution in [1.82, 2.24) is 10.2 Å². The van der Waals surface area contributed by atoms with Crippen LogP contribution in [0.5, 0.6) is 11.5 Å². The smallest absolute Gasteiger partial charge is 0.251 e. The van der Waals surface area contributed by atoms with Gasteiger partial charge >= 0.3 is 0 Å². The van der Waals surface area contributed by atoms with Crippen molar-refractivity contribution >= 4 is 34.7 Å². The lowest BCUT2D eigenvalue weighted by molar-refractivity contribution is -0.128. The molecule has 0 bridgehead atoms. The van der Waals surface area contributed by atoms with Crippen LogP contribution in [-0.4, -0.2) is 43.2 Å². The molecule has 1 heterocycles. The molecule has 0 saturated heterocycles. The summed E-state index contributed by atoms with van der Waals surface area (Å²) in [6, 6.07) is 19.8. The second-order valence-corrected chi connectivity index (χ2v) is 11.0. The first-order valence-electron chi connectivity index (χ1n) is 13.5. The topological polar surface area (TPSA) is 50.8 Å². The van der Waals surface area contributed by atoms with Gasteiger partial charge in [-0.25, -0.2) is 0 Å². The maximum atomic E-state index is 13.9. The molecule has 5 rings (SSSR count). The first-order valence-corrected chi connectivity index (χ1v) is 14.3. The summed E-state index contributed by atoms with van der Waals surface area (Å²) in [4.78, 5) is 16.0. The molecular weight excluding hydrogens is 531 g/mol. The second kappa shape index (κ2) is 12.5. The average molecular weight is 566 g/mol. The zero-order valence-corrected chi connectivity index (χ0v) is 23.9. The number of benzene rings is 3. The van der Waals surface area contributed by atoms with Crippen molar-refractivity contribution in [3.8, 4) is 11.5 Å².